The molecule has 0 fully saturated rings. The largest absolute Gasteiger partial charge is 0.266 e. The lowest BCUT2D eigenvalue weighted by molar-refractivity contribution is 1.37. The summed E-state index contributed by atoms with van der Waals surface area (Å²) in [6.07, 6.45) is 1.91. The summed E-state index contributed by atoms with van der Waals surface area (Å²) in [5, 5.41) is 1.25. The molecule has 0 atom stereocenters. The molecule has 0 spiro atoms. The molecule has 1 heterocycles. The van der Waals surface area contributed by atoms with Gasteiger partial charge >= 0.3 is 0 Å². The highest BCUT2D eigenvalue weighted by Crippen LogP contribution is 2.16. The molecule has 0 amide bonds. The average molecular weight is 212 g/mol. The third-order valence-corrected chi connectivity index (χ3v) is 3.68. The van der Waals surface area contributed by atoms with Gasteiger partial charge in [0.2, 0.25) is 0 Å². The zero-order valence-corrected chi connectivity index (χ0v) is 10.1. The zero-order chi connectivity index (χ0) is 10.7. The normalized spacial score (nSPS) is 10.6. The fourth-order valence-electron chi connectivity index (χ4n) is 1.51. The molecule has 1 radical (unpaired) electrons. The van der Waals surface area contributed by atoms with E-state index in [2.05, 4.69) is 54.5 Å². The van der Waals surface area contributed by atoms with Crippen LogP contribution in [0.3, 0.4) is 0 Å². The lowest BCUT2D eigenvalue weighted by Crippen LogP contribution is -2.25. The van der Waals surface area contributed by atoms with Crippen molar-refractivity contribution in [3.63, 3.8) is 0 Å². The van der Waals surface area contributed by atoms with E-state index in [0.717, 1.165) is 0 Å². The van der Waals surface area contributed by atoms with Crippen molar-refractivity contribution < 1.29 is 0 Å². The van der Waals surface area contributed by atoms with Gasteiger partial charge in [-0.2, -0.15) is 0 Å². The van der Waals surface area contributed by atoms with Gasteiger partial charge < -0.3 is 0 Å². The number of pyridine rings is 1. The predicted molar refractivity (Wildman–Crippen MR) is 66.8 cm³/mol. The highest BCUT2D eigenvalue weighted by Gasteiger charge is 2.04. The van der Waals surface area contributed by atoms with Crippen LogP contribution in [0.1, 0.15) is 0 Å². The van der Waals surface area contributed by atoms with Gasteiger partial charge in [0.05, 0.1) is 0 Å². The van der Waals surface area contributed by atoms with Crippen LogP contribution in [-0.2, 0) is 0 Å². The van der Waals surface area contributed by atoms with Crippen LogP contribution in [-0.4, -0.2) is 13.8 Å². The second-order valence-corrected chi connectivity index (χ2v) is 6.31. The van der Waals surface area contributed by atoms with Gasteiger partial charge in [0.1, 0.15) is 8.80 Å². The van der Waals surface area contributed by atoms with E-state index in [-0.39, 0.29) is 0 Å². The Bertz CT molecular complexity index is 437. The van der Waals surface area contributed by atoms with Crippen LogP contribution in [0.15, 0.2) is 48.7 Å². The Morgan fingerprint density at radius 3 is 2.33 bits per heavy atom. The van der Waals surface area contributed by atoms with Gasteiger partial charge in [-0.25, -0.2) is 0 Å². The summed E-state index contributed by atoms with van der Waals surface area (Å²) in [4.78, 5) is 4.41. The molecule has 0 N–H and O–H groups in total. The third-order valence-electron chi connectivity index (χ3n) is 2.38. The number of nitrogens with zero attached hydrogens (tertiary/aromatic N) is 1. The monoisotopic (exact) mass is 212 g/mol. The van der Waals surface area contributed by atoms with Crippen molar-refractivity contribution in [1.29, 1.82) is 0 Å². The van der Waals surface area contributed by atoms with E-state index in [0.29, 0.717) is 0 Å². The Hall–Kier alpha value is -1.41. The summed E-state index contributed by atoms with van der Waals surface area (Å²) in [7, 11) is -0.452. The molecule has 2 rings (SSSR count). The fourth-order valence-corrected chi connectivity index (χ4v) is 2.29. The SMILES string of the molecule is C[Si](C)c1cc(-c2ccccc2)ccn1. The number of benzene rings is 1. The van der Waals surface area contributed by atoms with Gasteiger partial charge in [-0.05, 0) is 23.3 Å². The number of hydrogen-bond acceptors (Lipinski definition) is 1. The van der Waals surface area contributed by atoms with Gasteiger partial charge in [0, 0.05) is 11.5 Å². The minimum atomic E-state index is -0.452. The molecule has 0 saturated carbocycles. The predicted octanol–water partition coefficient (Wildman–Crippen LogP) is 2.71. The lowest BCUT2D eigenvalue weighted by Gasteiger charge is -2.05. The number of aromatic nitrogens is 1. The molecule has 2 aromatic rings. The summed E-state index contributed by atoms with van der Waals surface area (Å²) in [5.41, 5.74) is 2.54. The van der Waals surface area contributed by atoms with Crippen LogP contribution in [0.4, 0.5) is 0 Å². The molecule has 0 saturated heterocycles. The molecule has 0 unspecified atom stereocenters. The Morgan fingerprint density at radius 2 is 1.67 bits per heavy atom. The van der Waals surface area contributed by atoms with Crippen molar-refractivity contribution in [2.75, 3.05) is 0 Å². The maximum Gasteiger partial charge on any atom is 0.104 e. The zero-order valence-electron chi connectivity index (χ0n) is 9.07. The van der Waals surface area contributed by atoms with E-state index < -0.39 is 8.80 Å². The van der Waals surface area contributed by atoms with Crippen molar-refractivity contribution in [2.45, 2.75) is 13.1 Å². The van der Waals surface area contributed by atoms with Crippen LogP contribution in [0.5, 0.6) is 0 Å². The molecule has 15 heavy (non-hydrogen) atoms. The first-order valence-electron chi connectivity index (χ1n) is 5.09. The Labute approximate surface area is 92.4 Å². The topological polar surface area (TPSA) is 12.9 Å². The molecule has 1 aromatic heterocycles. The van der Waals surface area contributed by atoms with Gasteiger partial charge in [0.15, 0.2) is 0 Å². The van der Waals surface area contributed by atoms with Crippen molar-refractivity contribution in [3.05, 3.63) is 48.7 Å². The van der Waals surface area contributed by atoms with Gasteiger partial charge in [0.25, 0.3) is 0 Å². The molecule has 2 heteroatoms. The minimum absolute atomic E-state index is 0.452. The summed E-state index contributed by atoms with van der Waals surface area (Å²) in [6.45, 7) is 4.53. The van der Waals surface area contributed by atoms with Crippen molar-refractivity contribution in [2.24, 2.45) is 0 Å². The molecule has 1 aromatic carbocycles. The van der Waals surface area contributed by atoms with Gasteiger partial charge in [-0.15, -0.1) is 0 Å². The lowest BCUT2D eigenvalue weighted by atomic mass is 10.1. The van der Waals surface area contributed by atoms with E-state index in [1.54, 1.807) is 0 Å². The Morgan fingerprint density at radius 1 is 0.933 bits per heavy atom. The highest BCUT2D eigenvalue weighted by molar-refractivity contribution is 6.69. The molecule has 75 valence electrons. The van der Waals surface area contributed by atoms with E-state index in [1.807, 2.05) is 12.3 Å². The van der Waals surface area contributed by atoms with Crippen LogP contribution in [0.2, 0.25) is 13.1 Å². The number of rotatable bonds is 2. The molecular weight excluding hydrogens is 198 g/mol. The number of hydrogen-bond donors (Lipinski definition) is 0. The van der Waals surface area contributed by atoms with Gasteiger partial charge in [-0.3, -0.25) is 4.98 Å². The first kappa shape index (κ1) is 10.1. The quantitative estimate of drug-likeness (QED) is 0.698. The smallest absolute Gasteiger partial charge is 0.104 e. The molecule has 0 aliphatic rings. The fraction of sp³-hybridized carbons (Fsp3) is 0.154. The standard InChI is InChI=1S/C13H14NSi/c1-15(2)13-10-12(8-9-14-13)11-6-4-3-5-7-11/h3-10H,1-2H3. The maximum absolute atomic E-state index is 4.41. The second-order valence-electron chi connectivity index (χ2n) is 3.80. The Balaban J connectivity index is 2.42. The first-order valence-corrected chi connectivity index (χ1v) is 7.59. The highest BCUT2D eigenvalue weighted by atomic mass is 28.3. The first-order chi connectivity index (χ1) is 7.27. The molecule has 0 aliphatic carbocycles. The van der Waals surface area contributed by atoms with Crippen LogP contribution in [0.25, 0.3) is 11.1 Å². The third kappa shape index (κ3) is 2.33. The summed E-state index contributed by atoms with van der Waals surface area (Å²) in [6, 6.07) is 14.7. The average Bonchev–Trinajstić information content (AvgIpc) is 2.30. The van der Waals surface area contributed by atoms with E-state index in [9.17, 15) is 0 Å². The van der Waals surface area contributed by atoms with Crippen LogP contribution in [0, 0.1) is 0 Å². The molecule has 1 nitrogen and oxygen atoms in total. The molecule has 0 bridgehead atoms. The summed E-state index contributed by atoms with van der Waals surface area (Å²) in [5.74, 6) is 0. The van der Waals surface area contributed by atoms with Crippen molar-refractivity contribution in [1.82, 2.24) is 4.98 Å². The second kappa shape index (κ2) is 4.40. The van der Waals surface area contributed by atoms with Crippen molar-refractivity contribution in [3.8, 4) is 11.1 Å². The van der Waals surface area contributed by atoms with E-state index >= 15 is 0 Å². The van der Waals surface area contributed by atoms with Crippen molar-refractivity contribution >= 4 is 14.1 Å². The van der Waals surface area contributed by atoms with E-state index in [1.165, 1.54) is 16.4 Å². The summed E-state index contributed by atoms with van der Waals surface area (Å²) < 4.78 is 0. The maximum atomic E-state index is 4.41. The molecular formula is C13H14NSi. The van der Waals surface area contributed by atoms with Gasteiger partial charge in [-0.1, -0.05) is 43.4 Å². The molecule has 0 aliphatic heterocycles. The van der Waals surface area contributed by atoms with E-state index in [4.69, 9.17) is 0 Å². The van der Waals surface area contributed by atoms with Crippen LogP contribution < -0.4 is 5.32 Å². The summed E-state index contributed by atoms with van der Waals surface area (Å²) >= 11 is 0. The Kier molecular flexibility index (Phi) is 2.97. The van der Waals surface area contributed by atoms with Crippen LogP contribution >= 0.6 is 0 Å². The minimum Gasteiger partial charge on any atom is -0.266 e.